The molecule has 3 amide bonds. The third-order valence-electron chi connectivity index (χ3n) is 4.50. The van der Waals surface area contributed by atoms with Gasteiger partial charge in [0.15, 0.2) is 0 Å². The largest absolute Gasteiger partial charge is 0.351 e. The number of nitrogens with two attached hydrogens (primary N) is 1. The van der Waals surface area contributed by atoms with Crippen molar-refractivity contribution in [1.82, 2.24) is 5.32 Å². The lowest BCUT2D eigenvalue weighted by Crippen LogP contribution is -2.31. The number of amides is 3. The maximum Gasteiger partial charge on any atom is 0.316 e. The van der Waals surface area contributed by atoms with Gasteiger partial charge in [-0.15, -0.1) is 0 Å². The molecule has 0 saturated carbocycles. The van der Waals surface area contributed by atoms with Crippen LogP contribution in [-0.2, 0) is 5.41 Å². The van der Waals surface area contributed by atoms with Crippen molar-refractivity contribution in [2.45, 2.75) is 46.1 Å². The first-order valence-corrected chi connectivity index (χ1v) is 9.16. The van der Waals surface area contributed by atoms with Crippen LogP contribution in [0.25, 0.3) is 0 Å². The van der Waals surface area contributed by atoms with Gasteiger partial charge in [0.05, 0.1) is 6.04 Å². The molecule has 0 radical (unpaired) electrons. The fraction of sp³-hybridized carbons (Fsp3) is 0.364. The molecule has 0 fully saturated rings. The van der Waals surface area contributed by atoms with E-state index in [4.69, 9.17) is 5.73 Å². The summed E-state index contributed by atoms with van der Waals surface area (Å²) in [5, 5.41) is 5.60. The fourth-order valence-corrected chi connectivity index (χ4v) is 2.90. The van der Waals surface area contributed by atoms with E-state index in [1.165, 1.54) is 5.56 Å². The molecule has 0 saturated heterocycles. The van der Waals surface area contributed by atoms with Crippen LogP contribution in [0.3, 0.4) is 0 Å². The summed E-state index contributed by atoms with van der Waals surface area (Å²) < 4.78 is 0. The lowest BCUT2D eigenvalue weighted by molar-refractivity contribution is 0.0925. The lowest BCUT2D eigenvalue weighted by Gasteiger charge is -2.25. The Morgan fingerprint density at radius 1 is 0.926 bits per heavy atom. The molecule has 0 spiro atoms. The Bertz CT molecular complexity index is 788. The number of primary amides is 1. The SMILES string of the molecule is CC(C)C(NC(=O)c1ccc(NC(N)=O)cc1)c1ccc(C(C)(C)C)cc1. The minimum absolute atomic E-state index is 0.0880. The van der Waals surface area contributed by atoms with Gasteiger partial charge in [-0.05, 0) is 46.7 Å². The van der Waals surface area contributed by atoms with E-state index >= 15 is 0 Å². The number of nitrogens with one attached hydrogen (secondary N) is 2. The second-order valence-corrected chi connectivity index (χ2v) is 8.13. The third-order valence-corrected chi connectivity index (χ3v) is 4.50. The third kappa shape index (κ3) is 5.58. The predicted molar refractivity (Wildman–Crippen MR) is 110 cm³/mol. The first-order valence-electron chi connectivity index (χ1n) is 9.16. The molecule has 2 aromatic carbocycles. The summed E-state index contributed by atoms with van der Waals surface area (Å²) in [6.07, 6.45) is 0. The van der Waals surface area contributed by atoms with Gasteiger partial charge < -0.3 is 16.4 Å². The van der Waals surface area contributed by atoms with Gasteiger partial charge in [0.2, 0.25) is 0 Å². The Morgan fingerprint density at radius 2 is 1.48 bits per heavy atom. The molecule has 1 unspecified atom stereocenters. The summed E-state index contributed by atoms with van der Waals surface area (Å²) in [7, 11) is 0. The highest BCUT2D eigenvalue weighted by atomic mass is 16.2. The van der Waals surface area contributed by atoms with Gasteiger partial charge in [-0.1, -0.05) is 58.9 Å². The molecule has 0 aliphatic rings. The zero-order valence-electron chi connectivity index (χ0n) is 16.7. The van der Waals surface area contributed by atoms with E-state index in [1.807, 2.05) is 0 Å². The normalized spacial score (nSPS) is 12.5. The highest BCUT2D eigenvalue weighted by molar-refractivity contribution is 5.95. The quantitative estimate of drug-likeness (QED) is 0.721. The maximum atomic E-state index is 12.7. The molecule has 2 aromatic rings. The molecule has 5 heteroatoms. The fourth-order valence-electron chi connectivity index (χ4n) is 2.90. The number of carbonyl (C=O) groups excluding carboxylic acids is 2. The Kier molecular flexibility index (Phi) is 6.26. The van der Waals surface area contributed by atoms with Crippen LogP contribution in [0.4, 0.5) is 10.5 Å². The molecule has 2 rings (SSSR count). The Hall–Kier alpha value is -2.82. The van der Waals surface area contributed by atoms with E-state index in [0.717, 1.165) is 5.56 Å². The second kappa shape index (κ2) is 8.25. The summed E-state index contributed by atoms with van der Waals surface area (Å²) in [5.74, 6) is 0.0875. The molecular weight excluding hydrogens is 338 g/mol. The van der Waals surface area contributed by atoms with Gasteiger partial charge in [-0.2, -0.15) is 0 Å². The average molecular weight is 367 g/mol. The predicted octanol–water partition coefficient (Wildman–Crippen LogP) is 4.60. The Labute approximate surface area is 161 Å². The average Bonchev–Trinajstić information content (AvgIpc) is 2.58. The van der Waals surface area contributed by atoms with Gasteiger partial charge in [-0.3, -0.25) is 4.79 Å². The van der Waals surface area contributed by atoms with E-state index in [0.29, 0.717) is 11.3 Å². The number of carbonyl (C=O) groups is 2. The molecule has 1 atom stereocenters. The topological polar surface area (TPSA) is 84.2 Å². The number of anilines is 1. The first kappa shape index (κ1) is 20.5. The number of benzene rings is 2. The maximum absolute atomic E-state index is 12.7. The van der Waals surface area contributed by atoms with Crippen molar-refractivity contribution in [2.75, 3.05) is 5.32 Å². The summed E-state index contributed by atoms with van der Waals surface area (Å²) in [6.45, 7) is 10.7. The van der Waals surface area contributed by atoms with E-state index in [2.05, 4.69) is 69.5 Å². The molecule has 0 heterocycles. The van der Waals surface area contributed by atoms with Crippen LogP contribution in [0.1, 0.15) is 62.1 Å². The van der Waals surface area contributed by atoms with Crippen molar-refractivity contribution >= 4 is 17.6 Å². The van der Waals surface area contributed by atoms with E-state index in [1.54, 1.807) is 24.3 Å². The molecule has 0 aromatic heterocycles. The molecular formula is C22H29N3O2. The van der Waals surface area contributed by atoms with Crippen LogP contribution in [-0.4, -0.2) is 11.9 Å². The zero-order valence-corrected chi connectivity index (χ0v) is 16.7. The zero-order chi connectivity index (χ0) is 20.2. The Balaban J connectivity index is 2.15. The van der Waals surface area contributed by atoms with Gasteiger partial charge in [-0.25, -0.2) is 4.79 Å². The van der Waals surface area contributed by atoms with Crippen LogP contribution in [0.15, 0.2) is 48.5 Å². The number of rotatable bonds is 5. The molecule has 0 aliphatic carbocycles. The van der Waals surface area contributed by atoms with Crippen LogP contribution >= 0.6 is 0 Å². The molecule has 0 aliphatic heterocycles. The second-order valence-electron chi connectivity index (χ2n) is 8.13. The minimum atomic E-state index is -0.634. The smallest absolute Gasteiger partial charge is 0.316 e. The van der Waals surface area contributed by atoms with Crippen molar-refractivity contribution in [3.8, 4) is 0 Å². The first-order chi connectivity index (χ1) is 12.6. The number of hydrogen-bond donors (Lipinski definition) is 3. The van der Waals surface area contributed by atoms with Crippen molar-refractivity contribution in [3.63, 3.8) is 0 Å². The van der Waals surface area contributed by atoms with E-state index in [-0.39, 0.29) is 23.3 Å². The monoisotopic (exact) mass is 367 g/mol. The molecule has 0 bridgehead atoms. The minimum Gasteiger partial charge on any atom is -0.351 e. The molecule has 5 nitrogen and oxygen atoms in total. The van der Waals surface area contributed by atoms with Gasteiger partial charge >= 0.3 is 6.03 Å². The van der Waals surface area contributed by atoms with Crippen LogP contribution in [0.2, 0.25) is 0 Å². The molecule has 144 valence electrons. The van der Waals surface area contributed by atoms with Crippen molar-refractivity contribution in [1.29, 1.82) is 0 Å². The summed E-state index contributed by atoms with van der Waals surface area (Å²) in [6, 6.07) is 14.4. The number of urea groups is 1. The lowest BCUT2D eigenvalue weighted by atomic mass is 9.85. The summed E-state index contributed by atoms with van der Waals surface area (Å²) >= 11 is 0. The van der Waals surface area contributed by atoms with Gasteiger partial charge in [0.1, 0.15) is 0 Å². The van der Waals surface area contributed by atoms with Crippen LogP contribution in [0.5, 0.6) is 0 Å². The Morgan fingerprint density at radius 3 is 1.93 bits per heavy atom. The summed E-state index contributed by atoms with van der Waals surface area (Å²) in [4.78, 5) is 23.6. The van der Waals surface area contributed by atoms with E-state index < -0.39 is 6.03 Å². The highest BCUT2D eigenvalue weighted by Gasteiger charge is 2.20. The van der Waals surface area contributed by atoms with Crippen molar-refractivity contribution in [2.24, 2.45) is 11.7 Å². The van der Waals surface area contributed by atoms with Gasteiger partial charge in [0, 0.05) is 11.3 Å². The molecule has 27 heavy (non-hydrogen) atoms. The van der Waals surface area contributed by atoms with Crippen molar-refractivity contribution < 1.29 is 9.59 Å². The molecule has 4 N–H and O–H groups in total. The van der Waals surface area contributed by atoms with Crippen molar-refractivity contribution in [3.05, 3.63) is 65.2 Å². The van der Waals surface area contributed by atoms with E-state index in [9.17, 15) is 9.59 Å². The number of hydrogen-bond acceptors (Lipinski definition) is 2. The van der Waals surface area contributed by atoms with Crippen LogP contribution in [0, 0.1) is 5.92 Å². The standard InChI is InChI=1S/C22H29N3O2/c1-14(2)19(15-6-10-17(11-7-15)22(3,4)5)25-20(26)16-8-12-18(13-9-16)24-21(23)27/h6-14,19H,1-5H3,(H,25,26)(H3,23,24,27). The van der Waals surface area contributed by atoms with Gasteiger partial charge in [0.25, 0.3) is 5.91 Å². The van der Waals surface area contributed by atoms with Crippen LogP contribution < -0.4 is 16.4 Å². The highest BCUT2D eigenvalue weighted by Crippen LogP contribution is 2.27. The summed E-state index contributed by atoms with van der Waals surface area (Å²) in [5.41, 5.74) is 8.61.